The predicted octanol–water partition coefficient (Wildman–Crippen LogP) is 7.13. The first kappa shape index (κ1) is 27.0. The molecule has 41 heavy (non-hydrogen) atoms. The van der Waals surface area contributed by atoms with Crippen LogP contribution in [0.4, 0.5) is 0 Å². The van der Waals surface area contributed by atoms with Crippen LogP contribution in [0.15, 0.2) is 97.1 Å². The molecule has 7 aromatic carbocycles. The van der Waals surface area contributed by atoms with E-state index in [-0.39, 0.29) is 7.83 Å². The molecule has 0 saturated carbocycles. The van der Waals surface area contributed by atoms with Gasteiger partial charge < -0.3 is 4.12 Å². The van der Waals surface area contributed by atoms with Gasteiger partial charge in [0, 0.05) is 24.9 Å². The Kier molecular flexibility index (Phi) is 7.09. The second kappa shape index (κ2) is 10.8. The maximum absolute atomic E-state index is 5.99. The molecule has 2 unspecified atom stereocenters. The van der Waals surface area contributed by atoms with Crippen molar-refractivity contribution in [2.24, 2.45) is 0 Å². The van der Waals surface area contributed by atoms with Gasteiger partial charge in [0.1, 0.15) is 17.1 Å². The molecule has 0 spiro atoms. The van der Waals surface area contributed by atoms with Crippen LogP contribution in [0, 0.1) is 13.8 Å². The lowest BCUT2D eigenvalue weighted by molar-refractivity contribution is 0.633. The fraction of sp³-hybridized carbons (Fsp3) is 0.143. The molecule has 0 N–H and O–H groups in total. The first-order chi connectivity index (χ1) is 19.8. The minimum absolute atomic E-state index is 0.0660. The van der Waals surface area contributed by atoms with Crippen LogP contribution in [0.3, 0.4) is 0 Å². The average Bonchev–Trinajstić information content (AvgIpc) is 2.95. The van der Waals surface area contributed by atoms with Crippen LogP contribution in [-0.4, -0.2) is 42.1 Å². The van der Waals surface area contributed by atoms with E-state index in [1.165, 1.54) is 75.8 Å². The molecule has 1 aliphatic rings. The molecule has 8 rings (SSSR count). The van der Waals surface area contributed by atoms with Crippen molar-refractivity contribution in [2.75, 3.05) is 0 Å². The lowest BCUT2D eigenvalue weighted by Gasteiger charge is -2.26. The number of fused-ring (bicyclic) bond motifs is 7. The zero-order valence-corrected chi connectivity index (χ0v) is 31.1. The van der Waals surface area contributed by atoms with Gasteiger partial charge in [-0.2, -0.15) is 0 Å². The SMILES string of the molecule is C[SiH]1O[SiH](C)[SiH2][SiH](C)[SiH2]1.Cc1cc2c(C)c3cc4ccccc4cc3cc2c2cc3cc4ccccc4cc3cc12. The molecule has 7 aromatic rings. The molecule has 1 heterocycles. The highest BCUT2D eigenvalue weighted by molar-refractivity contribution is 7.66. The Balaban J connectivity index is 0.000000265. The number of hydrogen-bond donors (Lipinski definition) is 0. The normalized spacial score (nSPS) is 20.5. The Morgan fingerprint density at radius 2 is 0.902 bits per heavy atom. The fourth-order valence-electron chi connectivity index (χ4n) is 7.26. The van der Waals surface area contributed by atoms with Gasteiger partial charge in [0.2, 0.25) is 0 Å². The number of benzene rings is 7. The highest BCUT2D eigenvalue weighted by Gasteiger charge is 2.24. The summed E-state index contributed by atoms with van der Waals surface area (Å²) in [4.78, 5) is 0. The van der Waals surface area contributed by atoms with E-state index >= 15 is 0 Å². The molecule has 0 bridgehead atoms. The van der Waals surface area contributed by atoms with Crippen LogP contribution in [-0.2, 0) is 4.12 Å². The van der Waals surface area contributed by atoms with E-state index in [1.54, 1.807) is 0 Å². The third-order valence-corrected chi connectivity index (χ3v) is 72.5. The van der Waals surface area contributed by atoms with Gasteiger partial charge in [0.25, 0.3) is 0 Å². The first-order valence-electron chi connectivity index (χ1n) is 15.1. The van der Waals surface area contributed by atoms with Crippen LogP contribution in [0.25, 0.3) is 64.6 Å². The molecule has 204 valence electrons. The van der Waals surface area contributed by atoms with E-state index in [0.29, 0.717) is 17.1 Å². The van der Waals surface area contributed by atoms with E-state index in [9.17, 15) is 0 Å². The number of rotatable bonds is 0. The Labute approximate surface area is 251 Å². The summed E-state index contributed by atoms with van der Waals surface area (Å²) in [6.07, 6.45) is 0. The zero-order chi connectivity index (χ0) is 28.2. The summed E-state index contributed by atoms with van der Waals surface area (Å²) >= 11 is 0. The first-order valence-corrected chi connectivity index (χ1v) is 32.6. The van der Waals surface area contributed by atoms with Gasteiger partial charge in [0.05, 0.1) is 0 Å². The van der Waals surface area contributed by atoms with E-state index in [0.717, 1.165) is 0 Å². The van der Waals surface area contributed by atoms with Gasteiger partial charge >= 0.3 is 0 Å². The van der Waals surface area contributed by atoms with Crippen molar-refractivity contribution in [3.05, 3.63) is 108 Å². The molecule has 1 saturated heterocycles. The molecule has 0 aliphatic carbocycles. The van der Waals surface area contributed by atoms with Gasteiger partial charge in [0.15, 0.2) is 0 Å². The second-order valence-corrected chi connectivity index (χ2v) is 50.0. The largest absolute Gasteiger partial charge is 0.466 e. The standard InChI is InChI=1S/C32H22.C3H16OSi5/c1-19-11-30-20(2)29-15-24-10-6-5-9-23(24)14-27(29)18-32(30)31-17-26-13-22-8-4-3-7-21(22)12-25(26)16-28(19)31;1-7-4-8(2)6-9(3)5-7/h3-18H,1-2H3;7-9H,5-6H2,1-3H3. The van der Waals surface area contributed by atoms with Crippen molar-refractivity contribution in [3.63, 3.8) is 0 Å². The van der Waals surface area contributed by atoms with E-state index in [1.807, 2.05) is 0 Å². The molecule has 1 aliphatic heterocycles. The Hall–Kier alpha value is -2.86. The Bertz CT molecular complexity index is 2090. The average molecular weight is 615 g/mol. The summed E-state index contributed by atoms with van der Waals surface area (Å²) < 4.78 is 5.99. The maximum atomic E-state index is 5.99. The summed E-state index contributed by atoms with van der Waals surface area (Å²) in [5, 5.41) is 15.9. The van der Waals surface area contributed by atoms with E-state index in [2.05, 4.69) is 131 Å². The minimum atomic E-state index is -0.413. The molecule has 6 heteroatoms. The fourth-order valence-corrected chi connectivity index (χ4v) is 106. The summed E-state index contributed by atoms with van der Waals surface area (Å²) in [7, 11) is 0.194. The Morgan fingerprint density at radius 3 is 1.46 bits per heavy atom. The summed E-state index contributed by atoms with van der Waals surface area (Å²) in [5.41, 5.74) is 2.71. The summed E-state index contributed by atoms with van der Waals surface area (Å²) in [6.45, 7) is 12.1. The summed E-state index contributed by atoms with van der Waals surface area (Å²) in [5.74, 6) is 0. The molecule has 2 atom stereocenters. The van der Waals surface area contributed by atoms with Crippen molar-refractivity contribution in [1.82, 2.24) is 0 Å². The highest BCUT2D eigenvalue weighted by Crippen LogP contribution is 2.38. The lowest BCUT2D eigenvalue weighted by atomic mass is 9.89. The number of aryl methyl sites for hydroxylation is 2. The molecular formula is C35H38OSi5. The van der Waals surface area contributed by atoms with Crippen molar-refractivity contribution < 1.29 is 4.12 Å². The van der Waals surface area contributed by atoms with Gasteiger partial charge in [-0.3, -0.25) is 0 Å². The number of hydrogen-bond acceptors (Lipinski definition) is 1. The summed E-state index contributed by atoms with van der Waals surface area (Å²) in [6, 6.07) is 36.2. The molecule has 0 radical (unpaired) electrons. The Morgan fingerprint density at radius 1 is 0.463 bits per heavy atom. The minimum Gasteiger partial charge on any atom is -0.466 e. The molecule has 0 aromatic heterocycles. The van der Waals surface area contributed by atoms with Crippen molar-refractivity contribution >= 4 is 107 Å². The molecular weight excluding hydrogens is 577 g/mol. The van der Waals surface area contributed by atoms with Crippen LogP contribution in [0.1, 0.15) is 11.1 Å². The molecule has 1 nitrogen and oxygen atoms in total. The van der Waals surface area contributed by atoms with E-state index in [4.69, 9.17) is 4.12 Å². The predicted molar refractivity (Wildman–Crippen MR) is 198 cm³/mol. The van der Waals surface area contributed by atoms with Crippen molar-refractivity contribution in [2.45, 2.75) is 33.5 Å². The quantitative estimate of drug-likeness (QED) is 0.100. The monoisotopic (exact) mass is 614 g/mol. The third-order valence-electron chi connectivity index (χ3n) is 9.17. The second-order valence-electron chi connectivity index (χ2n) is 12.5. The van der Waals surface area contributed by atoms with Gasteiger partial charge in [-0.15, -0.1) is 0 Å². The van der Waals surface area contributed by atoms with Crippen LogP contribution in [0.2, 0.25) is 19.6 Å². The third kappa shape index (κ3) is 5.07. The van der Waals surface area contributed by atoms with E-state index < -0.39 is 17.1 Å². The molecule has 1 fully saturated rings. The van der Waals surface area contributed by atoms with Gasteiger partial charge in [-0.1, -0.05) is 74.2 Å². The highest BCUT2D eigenvalue weighted by atomic mass is 29.9. The van der Waals surface area contributed by atoms with Crippen LogP contribution < -0.4 is 0 Å². The van der Waals surface area contributed by atoms with Gasteiger partial charge in [-0.05, 0) is 132 Å². The molecule has 0 amide bonds. The van der Waals surface area contributed by atoms with Crippen molar-refractivity contribution in [1.29, 1.82) is 0 Å². The van der Waals surface area contributed by atoms with Gasteiger partial charge in [-0.25, -0.2) is 0 Å². The topological polar surface area (TPSA) is 9.23 Å². The van der Waals surface area contributed by atoms with Crippen LogP contribution >= 0.6 is 0 Å². The lowest BCUT2D eigenvalue weighted by Crippen LogP contribution is -2.53. The van der Waals surface area contributed by atoms with Crippen LogP contribution in [0.5, 0.6) is 0 Å². The smallest absolute Gasteiger partial charge is 0.137 e. The maximum Gasteiger partial charge on any atom is 0.137 e. The zero-order valence-electron chi connectivity index (χ0n) is 24.8. The van der Waals surface area contributed by atoms with Crippen molar-refractivity contribution in [3.8, 4) is 0 Å².